The van der Waals surface area contributed by atoms with Gasteiger partial charge in [-0.1, -0.05) is 25.5 Å². The number of amides is 1. The number of hydrogen-bond donors (Lipinski definition) is 0. The fraction of sp³-hybridized carbons (Fsp3) is 0.450. The molecule has 2 heterocycles. The van der Waals surface area contributed by atoms with E-state index in [0.717, 1.165) is 24.2 Å². The Morgan fingerprint density at radius 2 is 1.74 bits per heavy atom. The third-order valence-electron chi connectivity index (χ3n) is 4.86. The molecule has 2 aromatic rings. The molecule has 3 rings (SSSR count). The average Bonchev–Trinajstić information content (AvgIpc) is 3.20. The standard InChI is InChI=1S/C20H26N2O4S/c1-2-4-17-6-9-19(10-7-17)27(24,25)22-14-12-21(13-15-22)20(23)11-8-18-5-3-16-26-18/h3,5-7,9-10,16H,2,4,8,11-15H2,1H3. The molecular weight excluding hydrogens is 364 g/mol. The molecule has 1 saturated heterocycles. The van der Waals surface area contributed by atoms with Crippen LogP contribution in [0.15, 0.2) is 52.0 Å². The molecule has 1 fully saturated rings. The van der Waals surface area contributed by atoms with Crippen molar-refractivity contribution in [3.05, 3.63) is 54.0 Å². The SMILES string of the molecule is CCCc1ccc(S(=O)(=O)N2CCN(C(=O)CCc3ccco3)CC2)cc1. The number of piperazine rings is 1. The molecular formula is C20H26N2O4S. The lowest BCUT2D eigenvalue weighted by Crippen LogP contribution is -2.50. The fourth-order valence-corrected chi connectivity index (χ4v) is 4.71. The van der Waals surface area contributed by atoms with Gasteiger partial charge in [0.05, 0.1) is 11.2 Å². The van der Waals surface area contributed by atoms with E-state index in [9.17, 15) is 13.2 Å². The minimum absolute atomic E-state index is 0.0346. The summed E-state index contributed by atoms with van der Waals surface area (Å²) in [5.41, 5.74) is 1.14. The van der Waals surface area contributed by atoms with Gasteiger partial charge < -0.3 is 9.32 Å². The molecule has 1 aliphatic rings. The van der Waals surface area contributed by atoms with Gasteiger partial charge in [0.2, 0.25) is 15.9 Å². The van der Waals surface area contributed by atoms with E-state index in [-0.39, 0.29) is 5.91 Å². The third kappa shape index (κ3) is 4.78. The molecule has 1 amide bonds. The number of furan rings is 1. The maximum atomic E-state index is 12.8. The second-order valence-corrected chi connectivity index (χ2v) is 8.70. The van der Waals surface area contributed by atoms with Crippen LogP contribution in [0.5, 0.6) is 0 Å². The van der Waals surface area contributed by atoms with Crippen molar-refractivity contribution in [1.29, 1.82) is 0 Å². The zero-order chi connectivity index (χ0) is 19.3. The third-order valence-corrected chi connectivity index (χ3v) is 6.77. The Hall–Kier alpha value is -2.12. The van der Waals surface area contributed by atoms with Crippen molar-refractivity contribution < 1.29 is 17.6 Å². The lowest BCUT2D eigenvalue weighted by Gasteiger charge is -2.34. The van der Waals surface area contributed by atoms with E-state index in [1.807, 2.05) is 18.2 Å². The number of sulfonamides is 1. The normalized spacial score (nSPS) is 15.8. The number of carbonyl (C=O) groups is 1. The van der Waals surface area contributed by atoms with Crippen LogP contribution in [-0.4, -0.2) is 49.7 Å². The number of benzene rings is 1. The van der Waals surface area contributed by atoms with E-state index < -0.39 is 10.0 Å². The summed E-state index contributed by atoms with van der Waals surface area (Å²) in [5.74, 6) is 0.823. The van der Waals surface area contributed by atoms with E-state index in [0.29, 0.717) is 43.9 Å². The highest BCUT2D eigenvalue weighted by molar-refractivity contribution is 7.89. The lowest BCUT2D eigenvalue weighted by molar-refractivity contribution is -0.132. The number of rotatable bonds is 7. The maximum Gasteiger partial charge on any atom is 0.243 e. The molecule has 0 N–H and O–H groups in total. The first-order chi connectivity index (χ1) is 13.0. The zero-order valence-corrected chi connectivity index (χ0v) is 16.5. The molecule has 146 valence electrons. The van der Waals surface area contributed by atoms with Crippen LogP contribution >= 0.6 is 0 Å². The summed E-state index contributed by atoms with van der Waals surface area (Å²) in [7, 11) is -3.51. The highest BCUT2D eigenvalue weighted by Crippen LogP contribution is 2.19. The van der Waals surface area contributed by atoms with E-state index in [4.69, 9.17) is 4.42 Å². The summed E-state index contributed by atoms with van der Waals surface area (Å²) in [6.45, 7) is 3.59. The zero-order valence-electron chi connectivity index (χ0n) is 15.6. The van der Waals surface area contributed by atoms with Gasteiger partial charge in [0.15, 0.2) is 0 Å². The molecule has 7 heteroatoms. The van der Waals surface area contributed by atoms with Crippen LogP contribution in [0.4, 0.5) is 0 Å². The Balaban J connectivity index is 1.55. The van der Waals surface area contributed by atoms with Gasteiger partial charge in [0.25, 0.3) is 0 Å². The van der Waals surface area contributed by atoms with Crippen molar-refractivity contribution in [1.82, 2.24) is 9.21 Å². The monoisotopic (exact) mass is 390 g/mol. The van der Waals surface area contributed by atoms with Gasteiger partial charge in [0.1, 0.15) is 5.76 Å². The van der Waals surface area contributed by atoms with Gasteiger partial charge in [-0.2, -0.15) is 4.31 Å². The summed E-state index contributed by atoms with van der Waals surface area (Å²) in [6.07, 6.45) is 4.51. The van der Waals surface area contributed by atoms with Crippen LogP contribution in [0.25, 0.3) is 0 Å². The van der Waals surface area contributed by atoms with Crippen LogP contribution in [-0.2, 0) is 27.7 Å². The molecule has 0 bridgehead atoms. The Labute approximate surface area is 160 Å². The molecule has 0 radical (unpaired) electrons. The number of hydrogen-bond acceptors (Lipinski definition) is 4. The first kappa shape index (κ1) is 19.6. The van der Waals surface area contributed by atoms with Crippen molar-refractivity contribution in [3.63, 3.8) is 0 Å². The predicted molar refractivity (Wildman–Crippen MR) is 103 cm³/mol. The Morgan fingerprint density at radius 1 is 1.04 bits per heavy atom. The van der Waals surface area contributed by atoms with Gasteiger partial charge in [-0.15, -0.1) is 0 Å². The Kier molecular flexibility index (Phi) is 6.34. The maximum absolute atomic E-state index is 12.8. The summed E-state index contributed by atoms with van der Waals surface area (Å²) in [6, 6.07) is 10.8. The molecule has 6 nitrogen and oxygen atoms in total. The van der Waals surface area contributed by atoms with Crippen LogP contribution in [0.1, 0.15) is 31.1 Å². The van der Waals surface area contributed by atoms with Gasteiger partial charge in [0, 0.05) is 39.0 Å². The summed E-state index contributed by atoms with van der Waals surface area (Å²) in [5, 5.41) is 0. The van der Waals surface area contributed by atoms with Gasteiger partial charge in [-0.25, -0.2) is 8.42 Å². The molecule has 0 spiro atoms. The van der Waals surface area contributed by atoms with Gasteiger partial charge >= 0.3 is 0 Å². The molecule has 1 aromatic heterocycles. The van der Waals surface area contributed by atoms with Crippen molar-refractivity contribution in [2.24, 2.45) is 0 Å². The van der Waals surface area contributed by atoms with Crippen molar-refractivity contribution in [2.45, 2.75) is 37.5 Å². The van der Waals surface area contributed by atoms with Crippen LogP contribution in [0.3, 0.4) is 0 Å². The van der Waals surface area contributed by atoms with Crippen LogP contribution in [0, 0.1) is 0 Å². The van der Waals surface area contributed by atoms with Gasteiger partial charge in [-0.3, -0.25) is 4.79 Å². The van der Waals surface area contributed by atoms with E-state index in [1.165, 1.54) is 4.31 Å². The van der Waals surface area contributed by atoms with Crippen LogP contribution in [0.2, 0.25) is 0 Å². The number of carbonyl (C=O) groups excluding carboxylic acids is 1. The van der Waals surface area contributed by atoms with E-state index >= 15 is 0 Å². The highest BCUT2D eigenvalue weighted by Gasteiger charge is 2.29. The van der Waals surface area contributed by atoms with Gasteiger partial charge in [-0.05, 0) is 36.2 Å². The first-order valence-electron chi connectivity index (χ1n) is 9.40. The second-order valence-electron chi connectivity index (χ2n) is 6.76. The Bertz CT molecular complexity index is 837. The molecule has 1 aliphatic heterocycles. The molecule has 0 atom stereocenters. The van der Waals surface area contributed by atoms with E-state index in [2.05, 4.69) is 6.92 Å². The first-order valence-corrected chi connectivity index (χ1v) is 10.8. The number of aryl methyl sites for hydroxylation is 2. The predicted octanol–water partition coefficient (Wildman–Crippen LogP) is 2.70. The van der Waals surface area contributed by atoms with Crippen molar-refractivity contribution in [2.75, 3.05) is 26.2 Å². The minimum Gasteiger partial charge on any atom is -0.469 e. The van der Waals surface area contributed by atoms with Crippen molar-refractivity contribution in [3.8, 4) is 0 Å². The smallest absolute Gasteiger partial charge is 0.243 e. The highest BCUT2D eigenvalue weighted by atomic mass is 32.2. The summed E-state index contributed by atoms with van der Waals surface area (Å²) in [4.78, 5) is 14.4. The average molecular weight is 391 g/mol. The van der Waals surface area contributed by atoms with E-state index in [1.54, 1.807) is 29.4 Å². The molecule has 1 aromatic carbocycles. The lowest BCUT2D eigenvalue weighted by atomic mass is 10.1. The summed E-state index contributed by atoms with van der Waals surface area (Å²) >= 11 is 0. The van der Waals surface area contributed by atoms with Crippen LogP contribution < -0.4 is 0 Å². The van der Waals surface area contributed by atoms with Crippen molar-refractivity contribution >= 4 is 15.9 Å². The molecule has 27 heavy (non-hydrogen) atoms. The fourth-order valence-electron chi connectivity index (χ4n) is 3.29. The number of nitrogens with zero attached hydrogens (tertiary/aromatic N) is 2. The second kappa shape index (κ2) is 8.71. The molecule has 0 saturated carbocycles. The largest absolute Gasteiger partial charge is 0.469 e. The topological polar surface area (TPSA) is 70.8 Å². The summed E-state index contributed by atoms with van der Waals surface area (Å²) < 4.78 is 32.4. The molecule has 0 unspecified atom stereocenters. The minimum atomic E-state index is -3.51. The Morgan fingerprint density at radius 3 is 2.33 bits per heavy atom. The molecule has 0 aliphatic carbocycles. The quantitative estimate of drug-likeness (QED) is 0.729.